The van der Waals surface area contributed by atoms with Crippen LogP contribution in [-0.4, -0.2) is 36.0 Å². The lowest BCUT2D eigenvalue weighted by molar-refractivity contribution is -0.174. The number of carbonyl (C=O) groups is 2. The van der Waals surface area contributed by atoms with Crippen LogP contribution in [-0.2, 0) is 19.7 Å². The average Bonchev–Trinajstić information content (AvgIpc) is 3.39. The molecule has 6 heteroatoms. The second-order valence-electron chi connectivity index (χ2n) is 10.3. The predicted molar refractivity (Wildman–Crippen MR) is 141 cm³/mol. The zero-order valence-electron chi connectivity index (χ0n) is 21.2. The van der Waals surface area contributed by atoms with E-state index in [9.17, 15) is 9.59 Å². The van der Waals surface area contributed by atoms with Gasteiger partial charge in [0, 0.05) is 17.8 Å². The Morgan fingerprint density at radius 3 is 2.32 bits per heavy atom. The van der Waals surface area contributed by atoms with Crippen molar-refractivity contribution in [3.8, 4) is 5.75 Å². The summed E-state index contributed by atoms with van der Waals surface area (Å²) in [6.07, 6.45) is 1.99. The molecule has 0 aromatic heterocycles. The van der Waals surface area contributed by atoms with E-state index in [0.717, 1.165) is 28.0 Å². The van der Waals surface area contributed by atoms with Gasteiger partial charge in [-0.3, -0.25) is 14.5 Å². The molecule has 2 saturated heterocycles. The van der Waals surface area contributed by atoms with Crippen LogP contribution in [0.2, 0.25) is 0 Å². The van der Waals surface area contributed by atoms with E-state index in [0.29, 0.717) is 12.2 Å². The molecule has 3 aromatic carbocycles. The molecule has 0 saturated carbocycles. The fraction of sp³-hybridized carbons (Fsp3) is 0.290. The van der Waals surface area contributed by atoms with E-state index in [1.807, 2.05) is 80.6 Å². The first-order chi connectivity index (χ1) is 17.9. The Bertz CT molecular complexity index is 1380. The Hall–Kier alpha value is -3.90. The number of carbonyl (C=O) groups excluding carboxylic acids is 2. The Morgan fingerprint density at radius 2 is 1.68 bits per heavy atom. The fourth-order valence-corrected chi connectivity index (χ4v) is 6.41. The Kier molecular flexibility index (Phi) is 5.64. The number of nitrogens with one attached hydrogen (secondary N) is 1. The minimum Gasteiger partial charge on any atom is -0.497 e. The van der Waals surface area contributed by atoms with Gasteiger partial charge in [-0.15, -0.1) is 0 Å². The van der Waals surface area contributed by atoms with Crippen LogP contribution in [0.5, 0.6) is 5.75 Å². The van der Waals surface area contributed by atoms with Crippen molar-refractivity contribution in [3.05, 3.63) is 107 Å². The summed E-state index contributed by atoms with van der Waals surface area (Å²) in [4.78, 5) is 29.9. The molecule has 0 unspecified atom stereocenters. The number of cyclic esters (lactones) is 1. The molecule has 1 amide bonds. The third-order valence-corrected chi connectivity index (χ3v) is 7.95. The van der Waals surface area contributed by atoms with E-state index in [2.05, 4.69) is 28.4 Å². The lowest BCUT2D eigenvalue weighted by atomic mass is 9.73. The van der Waals surface area contributed by atoms with Gasteiger partial charge in [0.1, 0.15) is 17.9 Å². The van der Waals surface area contributed by atoms with Crippen molar-refractivity contribution < 1.29 is 19.1 Å². The lowest BCUT2D eigenvalue weighted by Crippen LogP contribution is -2.53. The molecule has 3 aliphatic heterocycles. The molecule has 1 N–H and O–H groups in total. The van der Waals surface area contributed by atoms with Crippen molar-refractivity contribution in [2.75, 3.05) is 12.4 Å². The van der Waals surface area contributed by atoms with Gasteiger partial charge in [-0.2, -0.15) is 0 Å². The summed E-state index contributed by atoms with van der Waals surface area (Å²) >= 11 is 0. The number of amides is 1. The van der Waals surface area contributed by atoms with Crippen molar-refractivity contribution in [2.24, 2.45) is 0 Å². The zero-order valence-corrected chi connectivity index (χ0v) is 21.2. The van der Waals surface area contributed by atoms with Crippen LogP contribution in [0.4, 0.5) is 5.69 Å². The van der Waals surface area contributed by atoms with E-state index in [1.54, 1.807) is 7.11 Å². The Morgan fingerprint density at radius 1 is 1.00 bits per heavy atom. The Labute approximate surface area is 216 Å². The highest BCUT2D eigenvalue weighted by Gasteiger charge is 2.65. The largest absolute Gasteiger partial charge is 0.497 e. The summed E-state index contributed by atoms with van der Waals surface area (Å²) in [5.74, 6) is 0.291. The van der Waals surface area contributed by atoms with Crippen LogP contribution in [0.1, 0.15) is 49.1 Å². The van der Waals surface area contributed by atoms with Gasteiger partial charge >= 0.3 is 5.97 Å². The predicted octanol–water partition coefficient (Wildman–Crippen LogP) is 5.33. The third-order valence-electron chi connectivity index (χ3n) is 7.95. The minimum absolute atomic E-state index is 0.0940. The normalized spacial score (nSPS) is 28.3. The molecule has 0 radical (unpaired) electrons. The maximum Gasteiger partial charge on any atom is 0.324 e. The van der Waals surface area contributed by atoms with E-state index < -0.39 is 17.6 Å². The van der Waals surface area contributed by atoms with Crippen LogP contribution in [0.15, 0.2) is 90.5 Å². The van der Waals surface area contributed by atoms with Gasteiger partial charge in [-0.1, -0.05) is 78.4 Å². The molecule has 6 nitrogen and oxygen atoms in total. The van der Waals surface area contributed by atoms with Crippen molar-refractivity contribution >= 4 is 17.6 Å². The summed E-state index contributed by atoms with van der Waals surface area (Å²) in [7, 11) is 1.61. The second kappa shape index (κ2) is 8.89. The van der Waals surface area contributed by atoms with Gasteiger partial charge in [0.05, 0.1) is 18.6 Å². The maximum absolute atomic E-state index is 13.9. The minimum atomic E-state index is -0.929. The number of rotatable bonds is 4. The molecule has 1 spiro atoms. The molecule has 5 atom stereocenters. The highest BCUT2D eigenvalue weighted by molar-refractivity contribution is 6.08. The molecule has 3 heterocycles. The van der Waals surface area contributed by atoms with Gasteiger partial charge in [-0.05, 0) is 43.0 Å². The monoisotopic (exact) mass is 494 g/mol. The first kappa shape index (κ1) is 23.5. The summed E-state index contributed by atoms with van der Waals surface area (Å²) in [6.45, 7) is 4.08. The summed E-state index contributed by atoms with van der Waals surface area (Å²) < 4.78 is 11.6. The molecule has 2 fully saturated rings. The number of benzene rings is 3. The molecular weight excluding hydrogens is 464 g/mol. The molecule has 3 aliphatic rings. The van der Waals surface area contributed by atoms with Gasteiger partial charge in [-0.25, -0.2) is 0 Å². The van der Waals surface area contributed by atoms with Gasteiger partial charge in [0.25, 0.3) is 0 Å². The molecule has 0 aliphatic carbocycles. The number of methoxy groups -OCH3 is 1. The smallest absolute Gasteiger partial charge is 0.324 e. The van der Waals surface area contributed by atoms with E-state index in [4.69, 9.17) is 9.47 Å². The Balaban J connectivity index is 1.57. The molecule has 6 rings (SSSR count). The number of hydrogen-bond acceptors (Lipinski definition) is 5. The number of esters is 1. The molecule has 3 aromatic rings. The molecular formula is C31H30N2O4. The van der Waals surface area contributed by atoms with E-state index in [-0.39, 0.29) is 24.0 Å². The van der Waals surface area contributed by atoms with Crippen molar-refractivity contribution in [1.82, 2.24) is 4.90 Å². The van der Waals surface area contributed by atoms with Gasteiger partial charge < -0.3 is 14.8 Å². The highest BCUT2D eigenvalue weighted by atomic mass is 16.6. The molecule has 37 heavy (non-hydrogen) atoms. The quantitative estimate of drug-likeness (QED) is 0.392. The first-order valence-corrected chi connectivity index (χ1v) is 12.7. The van der Waals surface area contributed by atoms with Crippen LogP contribution >= 0.6 is 0 Å². The topological polar surface area (TPSA) is 67.9 Å². The van der Waals surface area contributed by atoms with E-state index >= 15 is 0 Å². The summed E-state index contributed by atoms with van der Waals surface area (Å²) in [6, 6.07) is 24.6. The van der Waals surface area contributed by atoms with Crippen molar-refractivity contribution in [1.29, 1.82) is 0 Å². The van der Waals surface area contributed by atoms with Crippen molar-refractivity contribution in [3.63, 3.8) is 0 Å². The summed E-state index contributed by atoms with van der Waals surface area (Å²) in [5, 5.41) is 3.10. The number of ether oxygens (including phenoxy) is 2. The third kappa shape index (κ3) is 3.58. The average molecular weight is 495 g/mol. The lowest BCUT2D eigenvalue weighted by Gasteiger charge is -2.45. The zero-order chi connectivity index (χ0) is 25.7. The number of allylic oxidation sites excluding steroid dienone is 1. The van der Waals surface area contributed by atoms with Crippen molar-refractivity contribution in [2.45, 2.75) is 49.9 Å². The van der Waals surface area contributed by atoms with Crippen LogP contribution in [0.25, 0.3) is 0 Å². The van der Waals surface area contributed by atoms with E-state index in [1.165, 1.54) is 0 Å². The first-order valence-electron chi connectivity index (χ1n) is 12.7. The number of morpholine rings is 1. The van der Waals surface area contributed by atoms with Gasteiger partial charge in [0.2, 0.25) is 5.91 Å². The standard InChI is InChI=1S/C31H30N2O4/c1-19(2)16-26-31(23-15-14-22(36-3)17-24(23)32-30(31)35)18-25-29(34)37-28(21-12-8-5-9-13-21)27(33(25)26)20-10-6-4-7-11-20/h4-17,25-28H,18H2,1-3H3,(H,32,35)/t25-,26+,27-,28+,31+/m1/s1. The van der Waals surface area contributed by atoms with Crippen LogP contribution in [0, 0.1) is 0 Å². The maximum atomic E-state index is 13.9. The number of fused-ring (bicyclic) bond motifs is 3. The summed E-state index contributed by atoms with van der Waals surface area (Å²) in [5.41, 5.74) is 3.77. The highest BCUT2D eigenvalue weighted by Crippen LogP contribution is 2.57. The number of hydrogen-bond donors (Lipinski definition) is 1. The number of nitrogens with zero attached hydrogens (tertiary/aromatic N) is 1. The molecule has 188 valence electrons. The van der Waals surface area contributed by atoms with Gasteiger partial charge in [0.15, 0.2) is 0 Å². The number of anilines is 1. The fourth-order valence-electron chi connectivity index (χ4n) is 6.41. The van der Waals surface area contributed by atoms with Crippen LogP contribution in [0.3, 0.4) is 0 Å². The van der Waals surface area contributed by atoms with Crippen LogP contribution < -0.4 is 10.1 Å². The molecule has 0 bridgehead atoms. The SMILES string of the molecule is COc1ccc2c(c1)NC(=O)[C@@]21C[C@@H]2C(=O)O[C@@H](c3ccccc3)[C@@H](c3ccccc3)N2[C@H]1C=C(C)C. The second-order valence-corrected chi connectivity index (χ2v) is 10.3.